The summed E-state index contributed by atoms with van der Waals surface area (Å²) in [5.74, 6) is 1.46. The maximum atomic E-state index is 9.47. The van der Waals surface area contributed by atoms with Crippen molar-refractivity contribution in [3.05, 3.63) is 59.0 Å². The fourth-order valence-corrected chi connectivity index (χ4v) is 5.03. The van der Waals surface area contributed by atoms with Crippen LogP contribution in [0.4, 0.5) is 0 Å². The molecule has 0 bridgehead atoms. The van der Waals surface area contributed by atoms with Crippen LogP contribution >= 0.6 is 0 Å². The number of nitrogens with one attached hydrogen (secondary N) is 1. The van der Waals surface area contributed by atoms with Crippen LogP contribution in [0.3, 0.4) is 0 Å². The fourth-order valence-electron chi connectivity index (χ4n) is 4.27. The normalized spacial score (nSPS) is 12.9. The molecule has 0 aliphatic carbocycles. The van der Waals surface area contributed by atoms with Crippen LogP contribution in [-0.4, -0.2) is 43.4 Å². The van der Waals surface area contributed by atoms with Crippen molar-refractivity contribution in [2.75, 3.05) is 20.8 Å². The quantitative estimate of drug-likeness (QED) is 0.245. The number of ether oxygens (including phenoxy) is 3. The van der Waals surface area contributed by atoms with E-state index in [-0.39, 0.29) is 0 Å². The predicted molar refractivity (Wildman–Crippen MR) is 137 cm³/mol. The minimum Gasteiger partial charge on any atom is -0.496 e. The fraction of sp³-hybridized carbons (Fsp3) is 0.385. The molecular formula is C26H32N4O3Si. The topological polar surface area (TPSA) is 85.1 Å². The number of imidazole rings is 1. The second-order valence-electron chi connectivity index (χ2n) is 9.75. The largest absolute Gasteiger partial charge is 0.496 e. The number of aryl methyl sites for hydroxylation is 1. The molecule has 34 heavy (non-hydrogen) atoms. The Kier molecular flexibility index (Phi) is 6.80. The SMILES string of the molecule is COc1cc(C)c2[nH]ccc2c1C(OC)c1nc2ccc(C#N)cc2n1COCC[Si](C)(C)C. The lowest BCUT2D eigenvalue weighted by atomic mass is 9.99. The van der Waals surface area contributed by atoms with E-state index in [4.69, 9.17) is 19.2 Å². The van der Waals surface area contributed by atoms with Gasteiger partial charge in [-0.05, 0) is 48.9 Å². The van der Waals surface area contributed by atoms with E-state index in [1.807, 2.05) is 35.0 Å². The Morgan fingerprint density at radius 3 is 2.65 bits per heavy atom. The van der Waals surface area contributed by atoms with Crippen LogP contribution in [0.15, 0.2) is 36.5 Å². The highest BCUT2D eigenvalue weighted by Crippen LogP contribution is 2.40. The number of aromatic nitrogens is 3. The summed E-state index contributed by atoms with van der Waals surface area (Å²) in [6.07, 6.45) is 1.43. The van der Waals surface area contributed by atoms with Gasteiger partial charge in [0.15, 0.2) is 0 Å². The lowest BCUT2D eigenvalue weighted by Gasteiger charge is -2.22. The van der Waals surface area contributed by atoms with Gasteiger partial charge >= 0.3 is 0 Å². The summed E-state index contributed by atoms with van der Waals surface area (Å²) in [6.45, 7) is 10.1. The van der Waals surface area contributed by atoms with Gasteiger partial charge in [-0.3, -0.25) is 0 Å². The lowest BCUT2D eigenvalue weighted by molar-refractivity contribution is 0.0736. The van der Waals surface area contributed by atoms with Crippen LogP contribution in [0.2, 0.25) is 25.7 Å². The number of nitriles is 1. The molecular weight excluding hydrogens is 444 g/mol. The van der Waals surface area contributed by atoms with Gasteiger partial charge in [-0.25, -0.2) is 4.98 Å². The van der Waals surface area contributed by atoms with Crippen LogP contribution in [-0.2, 0) is 16.2 Å². The van der Waals surface area contributed by atoms with Gasteiger partial charge in [0.05, 0.1) is 29.8 Å². The summed E-state index contributed by atoms with van der Waals surface area (Å²) in [5.41, 5.74) is 5.26. The van der Waals surface area contributed by atoms with Gasteiger partial charge in [-0.15, -0.1) is 0 Å². The van der Waals surface area contributed by atoms with E-state index in [0.717, 1.165) is 44.9 Å². The molecule has 0 fully saturated rings. The number of hydrogen-bond donors (Lipinski definition) is 1. The Bertz CT molecular complexity index is 1360. The number of hydrogen-bond acceptors (Lipinski definition) is 5. The zero-order chi connectivity index (χ0) is 24.5. The molecule has 0 radical (unpaired) electrons. The predicted octanol–water partition coefficient (Wildman–Crippen LogP) is 5.75. The van der Waals surface area contributed by atoms with E-state index in [2.05, 4.69) is 37.6 Å². The van der Waals surface area contributed by atoms with E-state index >= 15 is 0 Å². The summed E-state index contributed by atoms with van der Waals surface area (Å²) >= 11 is 0. The van der Waals surface area contributed by atoms with Gasteiger partial charge < -0.3 is 23.8 Å². The van der Waals surface area contributed by atoms with E-state index in [9.17, 15) is 5.26 Å². The molecule has 2 aromatic heterocycles. The molecule has 0 saturated carbocycles. The first kappa shape index (κ1) is 24.0. The third kappa shape index (κ3) is 4.60. The molecule has 178 valence electrons. The molecule has 1 atom stereocenters. The lowest BCUT2D eigenvalue weighted by Crippen LogP contribution is -2.22. The number of aromatic amines is 1. The molecule has 1 unspecified atom stereocenters. The Labute approximate surface area is 201 Å². The number of rotatable bonds is 9. The Hall–Kier alpha value is -3.12. The van der Waals surface area contributed by atoms with E-state index < -0.39 is 14.2 Å². The number of methoxy groups -OCH3 is 2. The van der Waals surface area contributed by atoms with Crippen LogP contribution in [0.1, 0.15) is 28.6 Å². The molecule has 1 N–H and O–H groups in total. The molecule has 2 heterocycles. The Balaban J connectivity index is 1.86. The van der Waals surface area contributed by atoms with Gasteiger partial charge in [-0.1, -0.05) is 19.6 Å². The number of nitrogens with zero attached hydrogens (tertiary/aromatic N) is 3. The van der Waals surface area contributed by atoms with Gasteiger partial charge in [0, 0.05) is 44.5 Å². The van der Waals surface area contributed by atoms with Gasteiger partial charge in [0.2, 0.25) is 0 Å². The van der Waals surface area contributed by atoms with Crippen LogP contribution in [0, 0.1) is 18.3 Å². The van der Waals surface area contributed by atoms with Crippen molar-refractivity contribution in [1.82, 2.24) is 14.5 Å². The van der Waals surface area contributed by atoms with Crippen molar-refractivity contribution in [3.8, 4) is 11.8 Å². The zero-order valence-corrected chi connectivity index (χ0v) is 21.7. The molecule has 0 saturated heterocycles. The molecule has 4 aromatic rings. The van der Waals surface area contributed by atoms with Crippen molar-refractivity contribution in [2.24, 2.45) is 0 Å². The highest BCUT2D eigenvalue weighted by Gasteiger charge is 2.28. The molecule has 4 rings (SSSR count). The maximum Gasteiger partial charge on any atom is 0.145 e. The highest BCUT2D eigenvalue weighted by atomic mass is 28.3. The molecule has 7 nitrogen and oxygen atoms in total. The van der Waals surface area contributed by atoms with Crippen molar-refractivity contribution < 1.29 is 14.2 Å². The Morgan fingerprint density at radius 1 is 1.18 bits per heavy atom. The second kappa shape index (κ2) is 9.62. The molecule has 0 spiro atoms. The van der Waals surface area contributed by atoms with E-state index in [1.54, 1.807) is 20.3 Å². The second-order valence-corrected chi connectivity index (χ2v) is 15.4. The number of fused-ring (bicyclic) bond motifs is 2. The van der Waals surface area contributed by atoms with Crippen LogP contribution in [0.25, 0.3) is 21.9 Å². The minimum atomic E-state index is -1.22. The average Bonchev–Trinajstić information content (AvgIpc) is 3.43. The van der Waals surface area contributed by atoms with Crippen molar-refractivity contribution in [3.63, 3.8) is 0 Å². The average molecular weight is 477 g/mol. The van der Waals surface area contributed by atoms with Crippen molar-refractivity contribution in [2.45, 2.75) is 45.4 Å². The summed E-state index contributed by atoms with van der Waals surface area (Å²) in [5, 5.41) is 10.5. The Morgan fingerprint density at radius 2 is 1.97 bits per heavy atom. The smallest absolute Gasteiger partial charge is 0.145 e. The van der Waals surface area contributed by atoms with E-state index in [0.29, 0.717) is 24.7 Å². The van der Waals surface area contributed by atoms with Gasteiger partial charge in [0.1, 0.15) is 24.4 Å². The summed E-state index contributed by atoms with van der Waals surface area (Å²) < 4.78 is 20.0. The van der Waals surface area contributed by atoms with Crippen LogP contribution < -0.4 is 4.74 Å². The summed E-state index contributed by atoms with van der Waals surface area (Å²) in [4.78, 5) is 8.27. The van der Waals surface area contributed by atoms with Crippen molar-refractivity contribution in [1.29, 1.82) is 5.26 Å². The molecule has 8 heteroatoms. The standard InChI is InChI=1S/C26H32N4O3Si/c1-17-13-22(31-2)23(19-9-10-28-24(17)19)25(32-3)26-29-20-8-7-18(15-27)14-21(20)30(26)16-33-11-12-34(4,5)6/h7-10,13-14,25,28H,11-12,16H2,1-6H3. The van der Waals surface area contributed by atoms with Gasteiger partial charge in [0.25, 0.3) is 0 Å². The molecule has 0 aliphatic rings. The monoisotopic (exact) mass is 476 g/mol. The molecule has 2 aromatic carbocycles. The first-order valence-corrected chi connectivity index (χ1v) is 15.1. The zero-order valence-electron chi connectivity index (χ0n) is 20.7. The van der Waals surface area contributed by atoms with Crippen molar-refractivity contribution >= 4 is 30.0 Å². The highest BCUT2D eigenvalue weighted by molar-refractivity contribution is 6.76. The number of benzene rings is 2. The first-order valence-electron chi connectivity index (χ1n) is 11.4. The van der Waals surface area contributed by atoms with Gasteiger partial charge in [-0.2, -0.15) is 5.26 Å². The summed E-state index contributed by atoms with van der Waals surface area (Å²) in [6, 6.07) is 12.9. The summed E-state index contributed by atoms with van der Waals surface area (Å²) in [7, 11) is 2.13. The third-order valence-corrected chi connectivity index (χ3v) is 7.82. The molecule has 0 amide bonds. The van der Waals surface area contributed by atoms with E-state index in [1.165, 1.54) is 0 Å². The van der Waals surface area contributed by atoms with Crippen LogP contribution in [0.5, 0.6) is 5.75 Å². The third-order valence-electron chi connectivity index (χ3n) is 6.12. The molecule has 0 aliphatic heterocycles. The minimum absolute atomic E-state index is 0.329. The maximum absolute atomic E-state index is 9.47. The first-order chi connectivity index (χ1) is 16.3. The number of H-pyrrole nitrogens is 1.